The molecule has 0 N–H and O–H groups in total. The molecule has 1 nitrogen and oxygen atoms in total. The number of aromatic nitrogens is 1. The van der Waals surface area contributed by atoms with Gasteiger partial charge >= 0.3 is 0 Å². The van der Waals surface area contributed by atoms with Crippen LogP contribution < -0.4 is 16.4 Å². The van der Waals surface area contributed by atoms with E-state index >= 15 is 0 Å². The SMILES string of the molecule is c1ccc(B2c3ccccc3-c3nc4ccccc4cc32)cc1. The summed E-state index contributed by atoms with van der Waals surface area (Å²) >= 11 is 0. The van der Waals surface area contributed by atoms with E-state index in [0.29, 0.717) is 0 Å². The molecule has 0 unspecified atom stereocenters. The average Bonchev–Trinajstić information content (AvgIpc) is 2.94. The van der Waals surface area contributed by atoms with Crippen molar-refractivity contribution in [3.63, 3.8) is 0 Å². The summed E-state index contributed by atoms with van der Waals surface area (Å²) in [5, 5.41) is 1.21. The fraction of sp³-hybridized carbons (Fsp3) is 0. The molecule has 4 aromatic rings. The molecule has 106 valence electrons. The van der Waals surface area contributed by atoms with E-state index in [1.807, 2.05) is 0 Å². The van der Waals surface area contributed by atoms with Crippen molar-refractivity contribution >= 4 is 34.0 Å². The maximum absolute atomic E-state index is 4.97. The first kappa shape index (κ1) is 12.7. The highest BCUT2D eigenvalue weighted by atomic mass is 14.7. The van der Waals surface area contributed by atoms with Crippen LogP contribution in [0.25, 0.3) is 22.2 Å². The van der Waals surface area contributed by atoms with Gasteiger partial charge in [-0.25, -0.2) is 4.98 Å². The van der Waals surface area contributed by atoms with Crippen LogP contribution >= 0.6 is 0 Å². The number of fused-ring (bicyclic) bond motifs is 4. The van der Waals surface area contributed by atoms with Gasteiger partial charge in [0.1, 0.15) is 0 Å². The summed E-state index contributed by atoms with van der Waals surface area (Å²) in [4.78, 5) is 4.97. The average molecular weight is 291 g/mol. The predicted molar refractivity (Wildman–Crippen MR) is 98.3 cm³/mol. The third kappa shape index (κ3) is 1.85. The topological polar surface area (TPSA) is 12.9 Å². The molecule has 0 bridgehead atoms. The van der Waals surface area contributed by atoms with Crippen LogP contribution in [0.2, 0.25) is 0 Å². The molecule has 23 heavy (non-hydrogen) atoms. The number of hydrogen-bond acceptors (Lipinski definition) is 1. The Morgan fingerprint density at radius 2 is 1.39 bits per heavy atom. The fourth-order valence-electron chi connectivity index (χ4n) is 3.70. The summed E-state index contributed by atoms with van der Waals surface area (Å²) in [6.07, 6.45) is 0. The molecule has 0 amide bonds. The van der Waals surface area contributed by atoms with Crippen molar-refractivity contribution in [1.29, 1.82) is 0 Å². The third-order valence-corrected chi connectivity index (χ3v) is 4.72. The van der Waals surface area contributed by atoms with Gasteiger partial charge in [0.05, 0.1) is 11.2 Å². The zero-order valence-electron chi connectivity index (χ0n) is 12.6. The number of para-hydroxylation sites is 1. The standard InChI is InChI=1S/C21H14BN/c1-2-9-16(10-3-1)22-18-12-6-5-11-17(18)21-19(22)14-15-8-4-7-13-20(15)23-21/h1-14H. The van der Waals surface area contributed by atoms with Gasteiger partial charge in [-0.3, -0.25) is 0 Å². The van der Waals surface area contributed by atoms with Gasteiger partial charge in [0.2, 0.25) is 6.71 Å². The number of nitrogens with zero attached hydrogens (tertiary/aromatic N) is 1. The molecule has 5 rings (SSSR count). The first-order valence-corrected chi connectivity index (χ1v) is 7.96. The number of pyridine rings is 1. The normalized spacial score (nSPS) is 12.3. The molecule has 0 atom stereocenters. The van der Waals surface area contributed by atoms with Crippen LogP contribution in [0.4, 0.5) is 0 Å². The van der Waals surface area contributed by atoms with Gasteiger partial charge < -0.3 is 0 Å². The van der Waals surface area contributed by atoms with Gasteiger partial charge in [-0.15, -0.1) is 0 Å². The van der Waals surface area contributed by atoms with E-state index in [1.165, 1.54) is 27.3 Å². The molecule has 2 heteroatoms. The maximum atomic E-state index is 4.97. The molecule has 1 aliphatic rings. The van der Waals surface area contributed by atoms with Gasteiger partial charge in [-0.1, -0.05) is 89.8 Å². The Hall–Kier alpha value is -2.87. The van der Waals surface area contributed by atoms with Crippen molar-refractivity contribution in [2.45, 2.75) is 0 Å². The number of hydrogen-bond donors (Lipinski definition) is 0. The Kier molecular flexibility index (Phi) is 2.65. The van der Waals surface area contributed by atoms with Crippen LogP contribution in [0.1, 0.15) is 0 Å². The molecule has 0 fully saturated rings. The minimum absolute atomic E-state index is 0.277. The zero-order valence-corrected chi connectivity index (χ0v) is 12.6. The first-order valence-electron chi connectivity index (χ1n) is 7.96. The van der Waals surface area contributed by atoms with Crippen LogP contribution in [0.15, 0.2) is 84.9 Å². The highest BCUT2D eigenvalue weighted by Gasteiger charge is 2.34. The Bertz CT molecular complexity index is 1020. The van der Waals surface area contributed by atoms with Crippen molar-refractivity contribution in [3.8, 4) is 11.3 Å². The molecular weight excluding hydrogens is 277 g/mol. The van der Waals surface area contributed by atoms with Crippen molar-refractivity contribution in [1.82, 2.24) is 4.98 Å². The highest BCUT2D eigenvalue weighted by molar-refractivity contribution is 6.99. The van der Waals surface area contributed by atoms with Crippen LogP contribution in [-0.4, -0.2) is 11.7 Å². The molecule has 2 heterocycles. The van der Waals surface area contributed by atoms with Gasteiger partial charge in [0, 0.05) is 0 Å². The molecule has 1 aliphatic heterocycles. The molecule has 0 saturated carbocycles. The van der Waals surface area contributed by atoms with Crippen LogP contribution in [0, 0.1) is 0 Å². The van der Waals surface area contributed by atoms with Crippen molar-refractivity contribution < 1.29 is 0 Å². The molecule has 0 spiro atoms. The van der Waals surface area contributed by atoms with Crippen LogP contribution in [-0.2, 0) is 0 Å². The predicted octanol–water partition coefficient (Wildman–Crippen LogP) is 2.73. The monoisotopic (exact) mass is 291 g/mol. The minimum Gasteiger partial charge on any atom is -0.248 e. The van der Waals surface area contributed by atoms with Crippen LogP contribution in [0.3, 0.4) is 0 Å². The van der Waals surface area contributed by atoms with Crippen molar-refractivity contribution in [2.24, 2.45) is 0 Å². The van der Waals surface area contributed by atoms with E-state index in [9.17, 15) is 0 Å². The minimum atomic E-state index is 0.277. The number of benzene rings is 3. The lowest BCUT2D eigenvalue weighted by molar-refractivity contribution is 1.43. The van der Waals surface area contributed by atoms with E-state index in [-0.39, 0.29) is 6.71 Å². The van der Waals surface area contributed by atoms with Crippen molar-refractivity contribution in [3.05, 3.63) is 84.9 Å². The van der Waals surface area contributed by atoms with E-state index in [2.05, 4.69) is 84.9 Å². The molecule has 0 aliphatic carbocycles. The summed E-state index contributed by atoms with van der Waals surface area (Å²) in [6, 6.07) is 30.1. The Morgan fingerprint density at radius 3 is 2.30 bits per heavy atom. The van der Waals surface area contributed by atoms with E-state index in [1.54, 1.807) is 0 Å². The van der Waals surface area contributed by atoms with E-state index in [4.69, 9.17) is 4.98 Å². The second-order valence-electron chi connectivity index (χ2n) is 6.05. The summed E-state index contributed by atoms with van der Waals surface area (Å²) in [5.74, 6) is 0. The largest absolute Gasteiger partial charge is 0.248 e. The fourth-order valence-corrected chi connectivity index (χ4v) is 3.70. The summed E-state index contributed by atoms with van der Waals surface area (Å²) in [6.45, 7) is 0.277. The third-order valence-electron chi connectivity index (χ3n) is 4.72. The van der Waals surface area contributed by atoms with Gasteiger partial charge in [0.15, 0.2) is 0 Å². The van der Waals surface area contributed by atoms with Gasteiger partial charge in [0.25, 0.3) is 0 Å². The lowest BCUT2D eigenvalue weighted by atomic mass is 9.39. The van der Waals surface area contributed by atoms with E-state index in [0.717, 1.165) is 11.2 Å². The molecule has 0 radical (unpaired) electrons. The Balaban J connectivity index is 1.86. The Morgan fingerprint density at radius 1 is 0.652 bits per heavy atom. The van der Waals surface area contributed by atoms with Crippen molar-refractivity contribution in [2.75, 3.05) is 0 Å². The molecule has 0 saturated heterocycles. The van der Waals surface area contributed by atoms with Gasteiger partial charge in [-0.05, 0) is 22.5 Å². The first-order chi connectivity index (χ1) is 11.4. The highest BCUT2D eigenvalue weighted by Crippen LogP contribution is 2.24. The van der Waals surface area contributed by atoms with Crippen LogP contribution in [0.5, 0.6) is 0 Å². The summed E-state index contributed by atoms with van der Waals surface area (Å²) in [7, 11) is 0. The quantitative estimate of drug-likeness (QED) is 0.433. The van der Waals surface area contributed by atoms with E-state index < -0.39 is 0 Å². The summed E-state index contributed by atoms with van der Waals surface area (Å²) in [5.41, 5.74) is 7.47. The second-order valence-corrected chi connectivity index (χ2v) is 6.05. The van der Waals surface area contributed by atoms with Gasteiger partial charge in [-0.2, -0.15) is 0 Å². The number of rotatable bonds is 1. The smallest absolute Gasteiger partial charge is 0.244 e. The summed E-state index contributed by atoms with van der Waals surface area (Å²) < 4.78 is 0. The second kappa shape index (κ2) is 4.82. The Labute approximate surface area is 135 Å². The zero-order chi connectivity index (χ0) is 15.2. The molecule has 1 aromatic heterocycles. The lowest BCUT2D eigenvalue weighted by Gasteiger charge is -2.10. The molecular formula is C21H14BN. The molecule has 3 aromatic carbocycles. The maximum Gasteiger partial charge on any atom is 0.244 e. The lowest BCUT2D eigenvalue weighted by Crippen LogP contribution is -2.48.